The molecule has 2 aromatic rings. The number of nitriles is 1. The zero-order valence-electron chi connectivity index (χ0n) is 9.28. The second-order valence-corrected chi connectivity index (χ2v) is 6.19. The molecule has 2 rings (SSSR count). The van der Waals surface area contributed by atoms with Gasteiger partial charge in [0, 0.05) is 0 Å². The van der Waals surface area contributed by atoms with E-state index in [0.717, 1.165) is 5.56 Å². The second-order valence-electron chi connectivity index (χ2n) is 3.49. The van der Waals surface area contributed by atoms with Crippen molar-refractivity contribution in [2.45, 2.75) is 4.90 Å². The van der Waals surface area contributed by atoms with Crippen LogP contribution in [0.25, 0.3) is 6.08 Å². The van der Waals surface area contributed by atoms with E-state index in [-0.39, 0.29) is 9.80 Å². The van der Waals surface area contributed by atoms with Crippen molar-refractivity contribution < 1.29 is 8.42 Å². The molecule has 0 aliphatic heterocycles. The van der Waals surface area contributed by atoms with E-state index >= 15 is 0 Å². The first kappa shape index (κ1) is 12.6. The normalized spacial score (nSPS) is 12.1. The fourth-order valence-electron chi connectivity index (χ4n) is 1.41. The molecule has 0 aliphatic rings. The zero-order valence-corrected chi connectivity index (χ0v) is 10.9. The van der Waals surface area contributed by atoms with E-state index in [1.807, 2.05) is 5.38 Å². The lowest BCUT2D eigenvalue weighted by atomic mass is 10.3. The molecule has 1 aromatic carbocycles. The molecule has 0 aliphatic carbocycles. The van der Waals surface area contributed by atoms with Crippen molar-refractivity contribution >= 4 is 27.3 Å². The predicted molar refractivity (Wildman–Crippen MR) is 71.5 cm³/mol. The Balaban J connectivity index is 2.50. The summed E-state index contributed by atoms with van der Waals surface area (Å²) in [5.74, 6) is 0. The van der Waals surface area contributed by atoms with Gasteiger partial charge in [-0.3, -0.25) is 0 Å². The maximum absolute atomic E-state index is 12.2. The second kappa shape index (κ2) is 5.17. The van der Waals surface area contributed by atoms with Crippen LogP contribution in [0.4, 0.5) is 0 Å². The summed E-state index contributed by atoms with van der Waals surface area (Å²) in [4.78, 5) is -0.111. The van der Waals surface area contributed by atoms with Gasteiger partial charge in [-0.05, 0) is 40.6 Å². The zero-order chi connectivity index (χ0) is 13.0. The van der Waals surface area contributed by atoms with E-state index in [1.165, 1.54) is 29.5 Å². The van der Waals surface area contributed by atoms with Gasteiger partial charge in [-0.1, -0.05) is 18.2 Å². The number of hydrogen-bond acceptors (Lipinski definition) is 4. The van der Waals surface area contributed by atoms with Crippen LogP contribution in [0.15, 0.2) is 57.0 Å². The van der Waals surface area contributed by atoms with Crippen molar-refractivity contribution in [3.63, 3.8) is 0 Å². The molecular formula is C13H9NO2S2. The van der Waals surface area contributed by atoms with Gasteiger partial charge < -0.3 is 0 Å². The molecule has 0 atom stereocenters. The molecule has 1 heterocycles. The summed E-state index contributed by atoms with van der Waals surface area (Å²) in [6.07, 6.45) is 1.39. The van der Waals surface area contributed by atoms with Crippen LogP contribution < -0.4 is 0 Å². The number of thiophene rings is 1. The van der Waals surface area contributed by atoms with Gasteiger partial charge in [-0.25, -0.2) is 8.42 Å². The summed E-state index contributed by atoms with van der Waals surface area (Å²) in [5, 5.41) is 12.6. The van der Waals surface area contributed by atoms with Crippen molar-refractivity contribution in [1.82, 2.24) is 0 Å². The summed E-state index contributed by atoms with van der Waals surface area (Å²) in [6, 6.07) is 11.5. The highest BCUT2D eigenvalue weighted by Crippen LogP contribution is 2.21. The van der Waals surface area contributed by atoms with E-state index in [4.69, 9.17) is 5.26 Å². The van der Waals surface area contributed by atoms with Crippen LogP contribution in [0.2, 0.25) is 0 Å². The molecule has 90 valence electrons. The Labute approximate surface area is 110 Å². The van der Waals surface area contributed by atoms with Crippen LogP contribution in [0.5, 0.6) is 0 Å². The van der Waals surface area contributed by atoms with Crippen LogP contribution in [0, 0.1) is 11.3 Å². The minimum Gasteiger partial charge on any atom is -0.218 e. The average molecular weight is 275 g/mol. The monoisotopic (exact) mass is 275 g/mol. The molecule has 18 heavy (non-hydrogen) atoms. The standard InChI is InChI=1S/C13H9NO2S2/c14-9-13(8-11-6-7-17-10-11)18(15,16)12-4-2-1-3-5-12/h1-8,10H/b13-8+. The van der Waals surface area contributed by atoms with E-state index in [9.17, 15) is 8.42 Å². The number of allylic oxidation sites excluding steroid dienone is 1. The van der Waals surface area contributed by atoms with Gasteiger partial charge in [-0.2, -0.15) is 16.6 Å². The minimum absolute atomic E-state index is 0.132. The van der Waals surface area contributed by atoms with Crippen LogP contribution in [-0.4, -0.2) is 8.42 Å². The van der Waals surface area contributed by atoms with Crippen molar-refractivity contribution in [3.05, 3.63) is 57.6 Å². The largest absolute Gasteiger partial charge is 0.218 e. The molecule has 0 radical (unpaired) electrons. The van der Waals surface area contributed by atoms with Gasteiger partial charge in [0.2, 0.25) is 9.84 Å². The maximum atomic E-state index is 12.2. The number of nitrogens with zero attached hydrogens (tertiary/aromatic N) is 1. The Morgan fingerprint density at radius 1 is 1.22 bits per heavy atom. The smallest absolute Gasteiger partial charge is 0.216 e. The highest BCUT2D eigenvalue weighted by atomic mass is 32.2. The molecule has 0 N–H and O–H groups in total. The lowest BCUT2D eigenvalue weighted by Crippen LogP contribution is -2.03. The van der Waals surface area contributed by atoms with Crippen LogP contribution >= 0.6 is 11.3 Å². The molecule has 0 spiro atoms. The molecule has 0 amide bonds. The predicted octanol–water partition coefficient (Wildman–Crippen LogP) is 3.09. The number of rotatable bonds is 3. The summed E-state index contributed by atoms with van der Waals surface area (Å²) < 4.78 is 24.4. The van der Waals surface area contributed by atoms with Gasteiger partial charge in [0.05, 0.1) is 4.90 Å². The Morgan fingerprint density at radius 2 is 1.94 bits per heavy atom. The Kier molecular flexibility index (Phi) is 3.60. The summed E-state index contributed by atoms with van der Waals surface area (Å²) >= 11 is 1.45. The first-order chi connectivity index (χ1) is 8.64. The molecule has 3 nitrogen and oxygen atoms in total. The van der Waals surface area contributed by atoms with Gasteiger partial charge >= 0.3 is 0 Å². The summed E-state index contributed by atoms with van der Waals surface area (Å²) in [5.41, 5.74) is 0.719. The first-order valence-electron chi connectivity index (χ1n) is 5.09. The van der Waals surface area contributed by atoms with E-state index in [0.29, 0.717) is 0 Å². The van der Waals surface area contributed by atoms with Gasteiger partial charge in [0.15, 0.2) is 0 Å². The quantitative estimate of drug-likeness (QED) is 0.809. The van der Waals surface area contributed by atoms with Crippen LogP contribution in [-0.2, 0) is 9.84 Å². The number of hydrogen-bond donors (Lipinski definition) is 0. The molecule has 5 heteroatoms. The average Bonchev–Trinajstić information content (AvgIpc) is 2.89. The van der Waals surface area contributed by atoms with Crippen molar-refractivity contribution in [1.29, 1.82) is 5.26 Å². The molecular weight excluding hydrogens is 266 g/mol. The van der Waals surface area contributed by atoms with Gasteiger partial charge in [-0.15, -0.1) is 0 Å². The lowest BCUT2D eigenvalue weighted by molar-refractivity contribution is 0.603. The highest BCUT2D eigenvalue weighted by Gasteiger charge is 2.20. The van der Waals surface area contributed by atoms with E-state index < -0.39 is 9.84 Å². The third-order valence-corrected chi connectivity index (χ3v) is 4.68. The summed E-state index contributed by atoms with van der Waals surface area (Å²) in [7, 11) is -3.72. The molecule has 0 saturated carbocycles. The highest BCUT2D eigenvalue weighted by molar-refractivity contribution is 7.95. The first-order valence-corrected chi connectivity index (χ1v) is 7.51. The number of benzene rings is 1. The molecule has 0 unspecified atom stereocenters. The molecule has 1 aromatic heterocycles. The number of sulfone groups is 1. The molecule has 0 fully saturated rings. The third-order valence-electron chi connectivity index (χ3n) is 2.29. The van der Waals surface area contributed by atoms with Crippen molar-refractivity contribution in [3.8, 4) is 6.07 Å². The van der Waals surface area contributed by atoms with Crippen molar-refractivity contribution in [2.24, 2.45) is 0 Å². The maximum Gasteiger partial charge on any atom is 0.216 e. The Bertz CT molecular complexity index is 693. The SMILES string of the molecule is N#C/C(=C\c1ccsc1)S(=O)(=O)c1ccccc1. The Morgan fingerprint density at radius 3 is 2.50 bits per heavy atom. The molecule has 0 saturated heterocycles. The molecule has 0 bridgehead atoms. The topological polar surface area (TPSA) is 57.9 Å². The van der Waals surface area contributed by atoms with Gasteiger partial charge in [0.1, 0.15) is 11.0 Å². The van der Waals surface area contributed by atoms with Crippen LogP contribution in [0.3, 0.4) is 0 Å². The third kappa shape index (κ3) is 2.50. The Hall–Kier alpha value is -1.90. The lowest BCUT2D eigenvalue weighted by Gasteiger charge is -2.01. The van der Waals surface area contributed by atoms with Gasteiger partial charge in [0.25, 0.3) is 0 Å². The fourth-order valence-corrected chi connectivity index (χ4v) is 3.20. The van der Waals surface area contributed by atoms with Crippen LogP contribution in [0.1, 0.15) is 5.56 Å². The van der Waals surface area contributed by atoms with E-state index in [1.54, 1.807) is 35.7 Å². The van der Waals surface area contributed by atoms with E-state index in [2.05, 4.69) is 0 Å². The van der Waals surface area contributed by atoms with Crippen molar-refractivity contribution in [2.75, 3.05) is 0 Å². The minimum atomic E-state index is -3.72. The summed E-state index contributed by atoms with van der Waals surface area (Å²) in [6.45, 7) is 0. The fraction of sp³-hybridized carbons (Fsp3) is 0.